The first-order valence-electron chi connectivity index (χ1n) is 7.60. The van der Waals surface area contributed by atoms with Crippen LogP contribution in [-0.2, 0) is 7.05 Å². The molecule has 0 amide bonds. The van der Waals surface area contributed by atoms with Gasteiger partial charge in [0, 0.05) is 25.0 Å². The lowest BCUT2D eigenvalue weighted by Crippen LogP contribution is -2.46. The number of hydrogen-bond donors (Lipinski definition) is 5. The Morgan fingerprint density at radius 2 is 1.92 bits per heavy atom. The summed E-state index contributed by atoms with van der Waals surface area (Å²) in [5.41, 5.74) is 13.4. The summed E-state index contributed by atoms with van der Waals surface area (Å²) in [6.07, 6.45) is 5.22. The Labute approximate surface area is 138 Å². The van der Waals surface area contributed by atoms with Crippen LogP contribution in [0.25, 0.3) is 22.4 Å². The number of rotatable bonds is 4. The summed E-state index contributed by atoms with van der Waals surface area (Å²) in [7, 11) is 1.87. The largest absolute Gasteiger partial charge is 0.364 e. The van der Waals surface area contributed by atoms with E-state index in [2.05, 4.69) is 49.2 Å². The number of nitrogens with zero attached hydrogens (tertiary/aromatic N) is 5. The number of nitrogens with one attached hydrogen (secondary N) is 5. The van der Waals surface area contributed by atoms with Crippen LogP contribution >= 0.6 is 0 Å². The van der Waals surface area contributed by atoms with Crippen molar-refractivity contribution in [1.29, 1.82) is 0 Å². The van der Waals surface area contributed by atoms with Crippen molar-refractivity contribution in [3.8, 4) is 11.4 Å². The van der Waals surface area contributed by atoms with Gasteiger partial charge in [0.15, 0.2) is 11.5 Å². The van der Waals surface area contributed by atoms with Crippen LogP contribution in [0.3, 0.4) is 0 Å². The van der Waals surface area contributed by atoms with Crippen molar-refractivity contribution in [2.45, 2.75) is 19.1 Å². The van der Waals surface area contributed by atoms with E-state index in [0.717, 1.165) is 22.4 Å². The highest BCUT2D eigenvalue weighted by molar-refractivity contribution is 5.88. The second-order valence-corrected chi connectivity index (χ2v) is 5.59. The Kier molecular flexibility index (Phi) is 3.78. The Hall–Kier alpha value is -2.66. The minimum atomic E-state index is -0.00365. The molecule has 3 aromatic rings. The van der Waals surface area contributed by atoms with Crippen molar-refractivity contribution in [3.05, 3.63) is 30.7 Å². The Morgan fingerprint density at radius 3 is 2.67 bits per heavy atom. The quantitative estimate of drug-likeness (QED) is 0.439. The average molecular weight is 326 g/mol. The van der Waals surface area contributed by atoms with Gasteiger partial charge < -0.3 is 5.32 Å². The lowest BCUT2D eigenvalue weighted by atomic mass is 10.2. The zero-order chi connectivity index (χ0) is 16.5. The molecule has 0 aliphatic carbocycles. The predicted molar refractivity (Wildman–Crippen MR) is 89.0 cm³/mol. The molecule has 4 heterocycles. The second kappa shape index (κ2) is 6.09. The maximum atomic E-state index is 4.70. The average Bonchev–Trinajstić information content (AvgIpc) is 3.26. The first kappa shape index (κ1) is 14.9. The van der Waals surface area contributed by atoms with Crippen LogP contribution in [0.15, 0.2) is 30.7 Å². The van der Waals surface area contributed by atoms with Gasteiger partial charge in [-0.05, 0) is 19.1 Å². The van der Waals surface area contributed by atoms with Crippen molar-refractivity contribution in [2.24, 2.45) is 7.05 Å². The van der Waals surface area contributed by atoms with E-state index in [9.17, 15) is 0 Å². The zero-order valence-corrected chi connectivity index (χ0v) is 13.3. The summed E-state index contributed by atoms with van der Waals surface area (Å²) >= 11 is 0. The molecule has 1 aliphatic heterocycles. The van der Waals surface area contributed by atoms with Crippen molar-refractivity contribution in [2.75, 3.05) is 5.32 Å². The van der Waals surface area contributed by atoms with Gasteiger partial charge >= 0.3 is 0 Å². The number of aryl methyl sites for hydroxylation is 1. The molecular weight excluding hydrogens is 308 g/mol. The molecule has 5 N–H and O–H groups in total. The van der Waals surface area contributed by atoms with Crippen molar-refractivity contribution in [1.82, 2.24) is 46.7 Å². The summed E-state index contributed by atoms with van der Waals surface area (Å²) in [6.45, 7) is 2.05. The molecule has 1 aliphatic rings. The van der Waals surface area contributed by atoms with Gasteiger partial charge in [0.05, 0.1) is 17.6 Å². The van der Waals surface area contributed by atoms with Gasteiger partial charge in [-0.15, -0.1) is 0 Å². The topological polar surface area (TPSA) is 117 Å². The molecule has 124 valence electrons. The minimum absolute atomic E-state index is 0.00365. The van der Waals surface area contributed by atoms with Crippen molar-refractivity contribution < 1.29 is 0 Å². The van der Waals surface area contributed by atoms with Gasteiger partial charge in [0.2, 0.25) is 0 Å². The Bertz CT molecular complexity index is 839. The fourth-order valence-electron chi connectivity index (χ4n) is 2.58. The van der Waals surface area contributed by atoms with E-state index in [4.69, 9.17) is 4.98 Å². The molecule has 0 spiro atoms. The number of fused-ring (bicyclic) bond motifs is 1. The summed E-state index contributed by atoms with van der Waals surface area (Å²) in [5.74, 6) is 1.37. The van der Waals surface area contributed by atoms with Crippen LogP contribution < -0.4 is 27.2 Å². The molecule has 1 fully saturated rings. The van der Waals surface area contributed by atoms with Gasteiger partial charge in [-0.2, -0.15) is 16.2 Å². The molecule has 1 unspecified atom stereocenters. The third-order valence-electron chi connectivity index (χ3n) is 3.91. The molecule has 10 nitrogen and oxygen atoms in total. The van der Waals surface area contributed by atoms with Crippen LogP contribution in [0.5, 0.6) is 0 Å². The van der Waals surface area contributed by atoms with Crippen LogP contribution in [0.4, 0.5) is 5.82 Å². The van der Waals surface area contributed by atoms with E-state index < -0.39 is 0 Å². The maximum absolute atomic E-state index is 4.70. The second-order valence-electron chi connectivity index (χ2n) is 5.59. The molecule has 3 aromatic heterocycles. The third kappa shape index (κ3) is 2.67. The molecule has 4 rings (SSSR count). The van der Waals surface area contributed by atoms with Crippen LogP contribution in [-0.4, -0.2) is 36.9 Å². The van der Waals surface area contributed by atoms with Crippen molar-refractivity contribution >= 4 is 16.9 Å². The lowest BCUT2D eigenvalue weighted by Gasteiger charge is -2.20. The Morgan fingerprint density at radius 1 is 1.17 bits per heavy atom. The molecule has 0 aromatic carbocycles. The predicted octanol–water partition coefficient (Wildman–Crippen LogP) is -0.331. The highest BCUT2D eigenvalue weighted by Crippen LogP contribution is 2.24. The summed E-state index contributed by atoms with van der Waals surface area (Å²) in [6, 6.07) is 3.83. The molecule has 0 radical (unpaired) electrons. The molecule has 0 saturated carbocycles. The fourth-order valence-corrected chi connectivity index (χ4v) is 2.58. The van der Waals surface area contributed by atoms with Gasteiger partial charge in [0.1, 0.15) is 12.0 Å². The number of hydrazine groups is 3. The first-order chi connectivity index (χ1) is 11.7. The lowest BCUT2D eigenvalue weighted by molar-refractivity contribution is 0.471. The molecule has 24 heavy (non-hydrogen) atoms. The molecule has 1 atom stereocenters. The highest BCUT2D eigenvalue weighted by atomic mass is 15.8. The van der Waals surface area contributed by atoms with E-state index in [1.807, 2.05) is 19.2 Å². The van der Waals surface area contributed by atoms with E-state index >= 15 is 0 Å². The first-order valence-corrected chi connectivity index (χ1v) is 7.60. The number of pyridine rings is 1. The highest BCUT2D eigenvalue weighted by Gasteiger charge is 2.22. The monoisotopic (exact) mass is 326 g/mol. The minimum Gasteiger partial charge on any atom is -0.364 e. The van der Waals surface area contributed by atoms with Crippen molar-refractivity contribution in [3.63, 3.8) is 0 Å². The van der Waals surface area contributed by atoms with E-state index in [0.29, 0.717) is 5.82 Å². The standard InChI is InChI=1S/C14H18N10/c1-8(11-20-22-23-21-11)17-13-10-7-16-24(2)14(10)19-12(18-13)9-3-5-15-6-4-9/h3-8,11,20-23H,1-2H3,(H,17,18,19). The molecule has 1 saturated heterocycles. The van der Waals surface area contributed by atoms with Gasteiger partial charge in [-0.3, -0.25) is 9.67 Å². The molecular formula is C14H18N10. The van der Waals surface area contributed by atoms with E-state index in [1.54, 1.807) is 23.3 Å². The summed E-state index contributed by atoms with van der Waals surface area (Å²) in [4.78, 5) is 13.4. The Balaban J connectivity index is 1.75. The zero-order valence-electron chi connectivity index (χ0n) is 13.3. The van der Waals surface area contributed by atoms with E-state index in [1.165, 1.54) is 0 Å². The van der Waals surface area contributed by atoms with Gasteiger partial charge in [-0.1, -0.05) is 0 Å². The van der Waals surface area contributed by atoms with Crippen LogP contribution in [0.2, 0.25) is 0 Å². The summed E-state index contributed by atoms with van der Waals surface area (Å²) < 4.78 is 1.74. The van der Waals surface area contributed by atoms with E-state index in [-0.39, 0.29) is 12.2 Å². The number of aromatic nitrogens is 5. The van der Waals surface area contributed by atoms with Crippen LogP contribution in [0, 0.1) is 0 Å². The van der Waals surface area contributed by atoms with Gasteiger partial charge in [0.25, 0.3) is 0 Å². The molecule has 0 bridgehead atoms. The SMILES string of the molecule is CC(Nc1nc(-c2ccncc2)nc2c1cnn2C)C1NNNN1. The van der Waals surface area contributed by atoms with Crippen LogP contribution in [0.1, 0.15) is 6.92 Å². The normalized spacial score (nSPS) is 16.6. The van der Waals surface area contributed by atoms with Gasteiger partial charge in [-0.25, -0.2) is 20.8 Å². The molecule has 10 heteroatoms. The smallest absolute Gasteiger partial charge is 0.164 e. The third-order valence-corrected chi connectivity index (χ3v) is 3.91. The fraction of sp³-hybridized carbons (Fsp3) is 0.286. The summed E-state index contributed by atoms with van der Waals surface area (Å²) in [5, 5.41) is 8.60. The number of hydrogen-bond acceptors (Lipinski definition) is 9. The maximum Gasteiger partial charge on any atom is 0.164 e. The number of anilines is 1.